The topological polar surface area (TPSA) is 40.7 Å². The number of H-pyrrole nitrogens is 1. The highest BCUT2D eigenvalue weighted by molar-refractivity contribution is 9.10. The highest BCUT2D eigenvalue weighted by Gasteiger charge is 2.07. The molecule has 0 atom stereocenters. The third kappa shape index (κ3) is 2.45. The lowest BCUT2D eigenvalue weighted by Crippen LogP contribution is -2.04. The van der Waals surface area contributed by atoms with Gasteiger partial charge in [0.05, 0.1) is 10.7 Å². The van der Waals surface area contributed by atoms with Crippen LogP contribution in [0.25, 0.3) is 11.3 Å². The van der Waals surface area contributed by atoms with Gasteiger partial charge in [-0.1, -0.05) is 33.6 Å². The number of halogens is 2. The van der Waals surface area contributed by atoms with E-state index in [4.69, 9.17) is 11.6 Å². The third-order valence-corrected chi connectivity index (χ3v) is 3.01. The van der Waals surface area contributed by atoms with Crippen LogP contribution in [0.3, 0.4) is 0 Å². The van der Waals surface area contributed by atoms with Gasteiger partial charge >= 0.3 is 0 Å². The van der Waals surface area contributed by atoms with Gasteiger partial charge < -0.3 is 5.32 Å². The van der Waals surface area contributed by atoms with E-state index in [-0.39, 0.29) is 0 Å². The van der Waals surface area contributed by atoms with Crippen LogP contribution in [0.4, 0.5) is 0 Å². The molecule has 2 N–H and O–H groups in total. The average molecular weight is 301 g/mol. The maximum absolute atomic E-state index is 6.15. The molecule has 0 radical (unpaired) electrons. The van der Waals surface area contributed by atoms with Crippen LogP contribution in [0.5, 0.6) is 0 Å². The van der Waals surface area contributed by atoms with E-state index in [0.29, 0.717) is 5.02 Å². The lowest BCUT2D eigenvalue weighted by Gasteiger charge is -2.00. The molecule has 2 rings (SSSR count). The van der Waals surface area contributed by atoms with Gasteiger partial charge in [0, 0.05) is 22.3 Å². The molecule has 0 aliphatic carbocycles. The van der Waals surface area contributed by atoms with E-state index in [1.54, 1.807) is 0 Å². The lowest BCUT2D eigenvalue weighted by atomic mass is 10.1. The van der Waals surface area contributed by atoms with E-state index >= 15 is 0 Å². The predicted octanol–water partition coefficient (Wildman–Crippen LogP) is 3.21. The number of nitrogens with one attached hydrogen (secondary N) is 2. The minimum Gasteiger partial charge on any atom is -0.314 e. The average Bonchev–Trinajstić information content (AvgIpc) is 2.67. The first-order valence-electron chi connectivity index (χ1n) is 4.85. The molecule has 1 heterocycles. The van der Waals surface area contributed by atoms with Crippen molar-refractivity contribution in [2.24, 2.45) is 0 Å². The smallest absolute Gasteiger partial charge is 0.0939 e. The van der Waals surface area contributed by atoms with E-state index in [9.17, 15) is 0 Å². The zero-order chi connectivity index (χ0) is 11.5. The molecule has 0 bridgehead atoms. The summed E-state index contributed by atoms with van der Waals surface area (Å²) in [7, 11) is 1.90. The van der Waals surface area contributed by atoms with Crippen molar-refractivity contribution in [2.45, 2.75) is 6.54 Å². The van der Waals surface area contributed by atoms with Crippen molar-refractivity contribution in [2.75, 3.05) is 7.05 Å². The van der Waals surface area contributed by atoms with Crippen LogP contribution < -0.4 is 5.32 Å². The Morgan fingerprint density at radius 2 is 2.25 bits per heavy atom. The van der Waals surface area contributed by atoms with Crippen molar-refractivity contribution in [3.8, 4) is 11.3 Å². The fourth-order valence-electron chi connectivity index (χ4n) is 1.48. The quantitative estimate of drug-likeness (QED) is 0.914. The van der Waals surface area contributed by atoms with E-state index in [1.807, 2.05) is 31.3 Å². The first-order chi connectivity index (χ1) is 7.70. The second kappa shape index (κ2) is 4.99. The summed E-state index contributed by atoms with van der Waals surface area (Å²) in [6, 6.07) is 7.76. The first kappa shape index (κ1) is 11.6. The molecule has 84 valence electrons. The number of aromatic amines is 1. The fourth-order valence-corrected chi connectivity index (χ4v) is 2.25. The minimum atomic E-state index is 0.692. The summed E-state index contributed by atoms with van der Waals surface area (Å²) in [4.78, 5) is 0. The summed E-state index contributed by atoms with van der Waals surface area (Å²) in [5, 5.41) is 10.9. The maximum Gasteiger partial charge on any atom is 0.0939 e. The number of benzene rings is 1. The van der Waals surface area contributed by atoms with Crippen molar-refractivity contribution in [1.82, 2.24) is 15.5 Å². The number of rotatable bonds is 3. The van der Waals surface area contributed by atoms with Gasteiger partial charge in [0.1, 0.15) is 0 Å². The van der Waals surface area contributed by atoms with Crippen LogP contribution in [0, 0.1) is 0 Å². The molecule has 16 heavy (non-hydrogen) atoms. The molecule has 0 saturated heterocycles. The number of hydrogen-bond donors (Lipinski definition) is 2. The summed E-state index contributed by atoms with van der Waals surface area (Å²) in [6.07, 6.45) is 0. The van der Waals surface area contributed by atoms with Gasteiger partial charge in [0.25, 0.3) is 0 Å². The molecular weight excluding hydrogens is 289 g/mol. The van der Waals surface area contributed by atoms with Gasteiger partial charge in [-0.3, -0.25) is 5.10 Å². The Balaban J connectivity index is 2.35. The van der Waals surface area contributed by atoms with Crippen molar-refractivity contribution in [3.05, 3.63) is 39.5 Å². The molecule has 0 saturated carbocycles. The highest BCUT2D eigenvalue weighted by atomic mass is 79.9. The zero-order valence-electron chi connectivity index (χ0n) is 8.72. The van der Waals surface area contributed by atoms with Crippen LogP contribution >= 0.6 is 27.5 Å². The molecule has 0 aliphatic rings. The second-order valence-corrected chi connectivity index (χ2v) is 4.76. The molecule has 2 aromatic rings. The van der Waals surface area contributed by atoms with E-state index < -0.39 is 0 Å². The Morgan fingerprint density at radius 3 is 2.94 bits per heavy atom. The van der Waals surface area contributed by atoms with Gasteiger partial charge in [-0.05, 0) is 25.2 Å². The predicted molar refractivity (Wildman–Crippen MR) is 69.5 cm³/mol. The van der Waals surface area contributed by atoms with Gasteiger partial charge in [-0.15, -0.1) is 0 Å². The van der Waals surface area contributed by atoms with Crippen LogP contribution in [-0.4, -0.2) is 17.2 Å². The van der Waals surface area contributed by atoms with Gasteiger partial charge in [0.2, 0.25) is 0 Å². The van der Waals surface area contributed by atoms with Gasteiger partial charge in [0.15, 0.2) is 0 Å². The Labute approximate surface area is 107 Å². The van der Waals surface area contributed by atoms with Gasteiger partial charge in [-0.2, -0.15) is 5.10 Å². The monoisotopic (exact) mass is 299 g/mol. The van der Waals surface area contributed by atoms with Crippen LogP contribution in [0.2, 0.25) is 5.02 Å². The second-order valence-electron chi connectivity index (χ2n) is 3.43. The maximum atomic E-state index is 6.15. The van der Waals surface area contributed by atoms with Gasteiger partial charge in [-0.25, -0.2) is 0 Å². The Kier molecular flexibility index (Phi) is 3.63. The standard InChI is InChI=1S/C11H11BrClN3/c1-14-6-8-5-11(16-15-8)9-3-2-7(12)4-10(9)13/h2-5,14H,6H2,1H3,(H,15,16). The molecule has 0 fully saturated rings. The molecule has 1 aromatic heterocycles. The number of nitrogens with zero attached hydrogens (tertiary/aromatic N) is 1. The third-order valence-electron chi connectivity index (χ3n) is 2.21. The van der Waals surface area contributed by atoms with Crippen molar-refractivity contribution < 1.29 is 0 Å². The van der Waals surface area contributed by atoms with E-state index in [0.717, 1.165) is 28.0 Å². The molecule has 5 heteroatoms. The summed E-state index contributed by atoms with van der Waals surface area (Å²) < 4.78 is 0.965. The molecule has 0 amide bonds. The van der Waals surface area contributed by atoms with E-state index in [1.165, 1.54) is 0 Å². The van der Waals surface area contributed by atoms with E-state index in [2.05, 4.69) is 31.4 Å². The SMILES string of the molecule is CNCc1cc(-c2ccc(Br)cc2Cl)n[nH]1. The normalized spacial score (nSPS) is 10.7. The highest BCUT2D eigenvalue weighted by Crippen LogP contribution is 2.29. The van der Waals surface area contributed by atoms with Crippen LogP contribution in [0.15, 0.2) is 28.7 Å². The fraction of sp³-hybridized carbons (Fsp3) is 0.182. The first-order valence-corrected chi connectivity index (χ1v) is 6.02. The van der Waals surface area contributed by atoms with Crippen LogP contribution in [0.1, 0.15) is 5.69 Å². The minimum absolute atomic E-state index is 0.692. The molecule has 0 unspecified atom stereocenters. The van der Waals surface area contributed by atoms with Crippen molar-refractivity contribution in [3.63, 3.8) is 0 Å². The molecule has 0 spiro atoms. The number of aromatic nitrogens is 2. The largest absolute Gasteiger partial charge is 0.314 e. The summed E-state index contributed by atoms with van der Waals surface area (Å²) in [5.74, 6) is 0. The summed E-state index contributed by atoms with van der Waals surface area (Å²) >= 11 is 9.53. The van der Waals surface area contributed by atoms with Crippen LogP contribution in [-0.2, 0) is 6.54 Å². The summed E-state index contributed by atoms with van der Waals surface area (Å²) in [5.41, 5.74) is 2.84. The number of hydrogen-bond acceptors (Lipinski definition) is 2. The van der Waals surface area contributed by atoms with Crippen molar-refractivity contribution >= 4 is 27.5 Å². The molecule has 1 aromatic carbocycles. The van der Waals surface area contributed by atoms with Crippen molar-refractivity contribution in [1.29, 1.82) is 0 Å². The molecule has 3 nitrogen and oxygen atoms in total. The Morgan fingerprint density at radius 1 is 1.44 bits per heavy atom. The lowest BCUT2D eigenvalue weighted by molar-refractivity contribution is 0.784. The summed E-state index contributed by atoms with van der Waals surface area (Å²) in [6.45, 7) is 0.765. The zero-order valence-corrected chi connectivity index (χ0v) is 11.1. The Bertz CT molecular complexity index is 496. The Hall–Kier alpha value is -0.840. The molecular formula is C11H11BrClN3. The molecule has 0 aliphatic heterocycles.